The third kappa shape index (κ3) is 4.80. The minimum absolute atomic E-state index is 0. The highest BCUT2D eigenvalue weighted by Gasteiger charge is 2.26. The van der Waals surface area contributed by atoms with Crippen LogP contribution in [0.25, 0.3) is 0 Å². The van der Waals surface area contributed by atoms with Crippen LogP contribution in [-0.2, 0) is 0 Å². The standard InChI is InChI=1S/C4H11NO3.BrH/c1-2-3(5)4(6,7)8;/h3,6-8H,2,5H2,1H3;1H. The van der Waals surface area contributed by atoms with E-state index >= 15 is 0 Å². The zero-order chi connectivity index (χ0) is 6.78. The molecule has 0 aromatic rings. The van der Waals surface area contributed by atoms with Gasteiger partial charge in [-0.2, -0.15) is 0 Å². The Hall–Kier alpha value is 0.320. The van der Waals surface area contributed by atoms with E-state index in [2.05, 4.69) is 0 Å². The van der Waals surface area contributed by atoms with E-state index in [-0.39, 0.29) is 17.0 Å². The van der Waals surface area contributed by atoms with Crippen LogP contribution < -0.4 is 5.73 Å². The number of aliphatic hydroxyl groups is 3. The van der Waals surface area contributed by atoms with Crippen LogP contribution >= 0.6 is 17.0 Å². The van der Waals surface area contributed by atoms with Crippen LogP contribution in [0.2, 0.25) is 0 Å². The minimum atomic E-state index is -2.71. The summed E-state index contributed by atoms with van der Waals surface area (Å²) >= 11 is 0. The smallest absolute Gasteiger partial charge is 0.291 e. The molecule has 1 unspecified atom stereocenters. The molecule has 0 saturated carbocycles. The Morgan fingerprint density at radius 3 is 1.78 bits per heavy atom. The van der Waals surface area contributed by atoms with E-state index in [0.29, 0.717) is 6.42 Å². The molecule has 0 aromatic heterocycles. The lowest BCUT2D eigenvalue weighted by atomic mass is 10.2. The second-order valence-electron chi connectivity index (χ2n) is 1.70. The van der Waals surface area contributed by atoms with E-state index in [1.807, 2.05) is 0 Å². The normalized spacial score (nSPS) is 14.3. The number of nitrogens with two attached hydrogens (primary N) is 1. The summed E-state index contributed by atoms with van der Waals surface area (Å²) < 4.78 is 0. The summed E-state index contributed by atoms with van der Waals surface area (Å²) in [5.41, 5.74) is 5.00. The van der Waals surface area contributed by atoms with Gasteiger partial charge in [0.05, 0.1) is 6.04 Å². The van der Waals surface area contributed by atoms with E-state index in [0.717, 1.165) is 0 Å². The Labute approximate surface area is 64.1 Å². The molecule has 0 heterocycles. The Morgan fingerprint density at radius 2 is 1.78 bits per heavy atom. The highest BCUT2D eigenvalue weighted by Crippen LogP contribution is 2.00. The van der Waals surface area contributed by atoms with Crippen molar-refractivity contribution in [1.82, 2.24) is 0 Å². The van der Waals surface area contributed by atoms with Crippen molar-refractivity contribution < 1.29 is 15.3 Å². The van der Waals surface area contributed by atoms with E-state index < -0.39 is 12.0 Å². The highest BCUT2D eigenvalue weighted by atomic mass is 79.9. The van der Waals surface area contributed by atoms with Gasteiger partial charge in [0.25, 0.3) is 5.97 Å². The van der Waals surface area contributed by atoms with Crippen molar-refractivity contribution in [1.29, 1.82) is 0 Å². The average Bonchev–Trinajstić information content (AvgIpc) is 1.62. The SMILES string of the molecule is Br.CCC(N)C(O)(O)O. The molecule has 0 fully saturated rings. The van der Waals surface area contributed by atoms with Crippen molar-refractivity contribution >= 4 is 17.0 Å². The first-order chi connectivity index (χ1) is 3.48. The molecule has 0 bridgehead atoms. The Bertz CT molecular complexity index is 72.7. The molecule has 58 valence electrons. The average molecular weight is 202 g/mol. The number of halogens is 1. The fourth-order valence-electron chi connectivity index (χ4n) is 0.274. The molecule has 0 saturated heterocycles. The van der Waals surface area contributed by atoms with Gasteiger partial charge >= 0.3 is 0 Å². The van der Waals surface area contributed by atoms with Gasteiger partial charge in [0.15, 0.2) is 0 Å². The molecule has 0 aliphatic heterocycles. The van der Waals surface area contributed by atoms with Gasteiger partial charge in [0.2, 0.25) is 0 Å². The van der Waals surface area contributed by atoms with E-state index in [1.165, 1.54) is 0 Å². The van der Waals surface area contributed by atoms with Crippen molar-refractivity contribution in [2.45, 2.75) is 25.4 Å². The molecule has 0 aliphatic carbocycles. The maximum Gasteiger partial charge on any atom is 0.291 e. The highest BCUT2D eigenvalue weighted by molar-refractivity contribution is 8.93. The van der Waals surface area contributed by atoms with Crippen molar-refractivity contribution in [3.8, 4) is 0 Å². The second kappa shape index (κ2) is 4.19. The molecule has 0 aromatic carbocycles. The Balaban J connectivity index is 0. The van der Waals surface area contributed by atoms with Crippen molar-refractivity contribution in [2.75, 3.05) is 0 Å². The third-order valence-electron chi connectivity index (χ3n) is 0.937. The molecule has 5 heteroatoms. The number of rotatable bonds is 2. The largest absolute Gasteiger partial charge is 0.342 e. The van der Waals surface area contributed by atoms with Gasteiger partial charge in [-0.3, -0.25) is 0 Å². The van der Waals surface area contributed by atoms with Gasteiger partial charge < -0.3 is 21.1 Å². The lowest BCUT2D eigenvalue weighted by Crippen LogP contribution is -2.47. The van der Waals surface area contributed by atoms with E-state index in [1.54, 1.807) is 6.92 Å². The molecule has 5 N–H and O–H groups in total. The maximum atomic E-state index is 8.27. The lowest BCUT2D eigenvalue weighted by molar-refractivity contribution is -0.322. The summed E-state index contributed by atoms with van der Waals surface area (Å²) in [6.45, 7) is 1.64. The topological polar surface area (TPSA) is 86.7 Å². The van der Waals surface area contributed by atoms with Gasteiger partial charge in [0.1, 0.15) is 0 Å². The second-order valence-corrected chi connectivity index (χ2v) is 1.70. The molecular weight excluding hydrogens is 190 g/mol. The van der Waals surface area contributed by atoms with Crippen LogP contribution in [0.15, 0.2) is 0 Å². The maximum absolute atomic E-state index is 8.27. The van der Waals surface area contributed by atoms with Crippen LogP contribution in [0, 0.1) is 0 Å². The summed E-state index contributed by atoms with van der Waals surface area (Å²) in [6, 6.07) is -0.984. The van der Waals surface area contributed by atoms with Gasteiger partial charge in [-0.25, -0.2) is 0 Å². The summed E-state index contributed by atoms with van der Waals surface area (Å²) in [5.74, 6) is -2.71. The molecule has 1 atom stereocenters. The zero-order valence-corrected chi connectivity index (χ0v) is 6.82. The van der Waals surface area contributed by atoms with Gasteiger partial charge in [-0.05, 0) is 6.42 Å². The third-order valence-corrected chi connectivity index (χ3v) is 0.937. The van der Waals surface area contributed by atoms with Crippen LogP contribution in [0.3, 0.4) is 0 Å². The molecular formula is C4H12BrNO3. The number of hydrogen-bond donors (Lipinski definition) is 4. The summed E-state index contributed by atoms with van der Waals surface area (Å²) in [4.78, 5) is 0. The quantitative estimate of drug-likeness (QED) is 0.429. The summed E-state index contributed by atoms with van der Waals surface area (Å²) in [6.07, 6.45) is 0.323. The van der Waals surface area contributed by atoms with Gasteiger partial charge in [0, 0.05) is 0 Å². The van der Waals surface area contributed by atoms with Crippen molar-refractivity contribution in [2.24, 2.45) is 5.73 Å². The predicted octanol–water partition coefficient (Wildman–Crippen LogP) is -1.07. The Morgan fingerprint density at radius 1 is 1.44 bits per heavy atom. The van der Waals surface area contributed by atoms with Gasteiger partial charge in [-0.1, -0.05) is 6.92 Å². The molecule has 4 nitrogen and oxygen atoms in total. The first-order valence-electron chi connectivity index (χ1n) is 2.41. The zero-order valence-electron chi connectivity index (χ0n) is 5.11. The Kier molecular flexibility index (Phi) is 5.60. The van der Waals surface area contributed by atoms with E-state index in [9.17, 15) is 0 Å². The lowest BCUT2D eigenvalue weighted by Gasteiger charge is -2.19. The van der Waals surface area contributed by atoms with E-state index in [4.69, 9.17) is 21.1 Å². The first kappa shape index (κ1) is 12.0. The molecule has 0 radical (unpaired) electrons. The minimum Gasteiger partial charge on any atom is -0.342 e. The van der Waals surface area contributed by atoms with Gasteiger partial charge in [-0.15, -0.1) is 17.0 Å². The predicted molar refractivity (Wildman–Crippen MR) is 38.0 cm³/mol. The molecule has 0 aliphatic rings. The molecule has 9 heavy (non-hydrogen) atoms. The fourth-order valence-corrected chi connectivity index (χ4v) is 0.274. The van der Waals surface area contributed by atoms with Crippen LogP contribution in [0.1, 0.15) is 13.3 Å². The number of hydrogen-bond acceptors (Lipinski definition) is 4. The van der Waals surface area contributed by atoms with Crippen LogP contribution in [-0.4, -0.2) is 27.3 Å². The van der Waals surface area contributed by atoms with Crippen LogP contribution in [0.5, 0.6) is 0 Å². The molecule has 0 rings (SSSR count). The van der Waals surface area contributed by atoms with Crippen molar-refractivity contribution in [3.05, 3.63) is 0 Å². The monoisotopic (exact) mass is 201 g/mol. The molecule has 0 amide bonds. The van der Waals surface area contributed by atoms with Crippen molar-refractivity contribution in [3.63, 3.8) is 0 Å². The summed E-state index contributed by atoms with van der Waals surface area (Å²) in [7, 11) is 0. The first-order valence-corrected chi connectivity index (χ1v) is 2.41. The fraction of sp³-hybridized carbons (Fsp3) is 1.00. The molecule has 0 spiro atoms. The van der Waals surface area contributed by atoms with Crippen LogP contribution in [0.4, 0.5) is 0 Å². The summed E-state index contributed by atoms with van der Waals surface area (Å²) in [5, 5.41) is 24.8.